The molecule has 0 saturated carbocycles. The zero-order valence-corrected chi connectivity index (χ0v) is 11.8. The van der Waals surface area contributed by atoms with E-state index in [1.165, 1.54) is 0 Å². The lowest BCUT2D eigenvalue weighted by atomic mass is 10.0. The fraction of sp³-hybridized carbons (Fsp3) is 0.176. The van der Waals surface area contributed by atoms with E-state index in [1.807, 2.05) is 36.4 Å². The first-order valence-corrected chi connectivity index (χ1v) is 6.79. The van der Waals surface area contributed by atoms with Gasteiger partial charge in [0.25, 0.3) is 0 Å². The molecule has 1 unspecified atom stereocenters. The summed E-state index contributed by atoms with van der Waals surface area (Å²) in [7, 11) is 0. The van der Waals surface area contributed by atoms with Crippen LogP contribution in [0.3, 0.4) is 0 Å². The Morgan fingerprint density at radius 1 is 1.19 bits per heavy atom. The minimum atomic E-state index is -0.793. The molecule has 5 N–H and O–H groups in total. The van der Waals surface area contributed by atoms with Gasteiger partial charge < -0.3 is 21.3 Å². The zero-order chi connectivity index (χ0) is 15.2. The number of aliphatic hydroxyl groups is 2. The van der Waals surface area contributed by atoms with Crippen molar-refractivity contribution in [1.82, 2.24) is 0 Å². The predicted octanol–water partition coefficient (Wildman–Crippen LogP) is 2.34. The first kappa shape index (κ1) is 15.1. The molecule has 0 amide bonds. The van der Waals surface area contributed by atoms with E-state index in [4.69, 9.17) is 10.8 Å². The highest BCUT2D eigenvalue weighted by molar-refractivity contribution is 5.81. The quantitative estimate of drug-likeness (QED) is 0.614. The highest BCUT2D eigenvalue weighted by Gasteiger charge is 2.08. The Kier molecular flexibility index (Phi) is 4.98. The molecule has 0 spiro atoms. The van der Waals surface area contributed by atoms with Crippen LogP contribution in [-0.2, 0) is 0 Å². The minimum Gasteiger partial charge on any atom is -0.399 e. The molecule has 4 nitrogen and oxygen atoms in total. The maximum Gasteiger partial charge on any atom is 0.0942 e. The van der Waals surface area contributed by atoms with Gasteiger partial charge in [-0.1, -0.05) is 36.9 Å². The number of anilines is 2. The maximum absolute atomic E-state index is 9.46. The lowest BCUT2D eigenvalue weighted by molar-refractivity contribution is 0.105. The Labute approximate surface area is 124 Å². The smallest absolute Gasteiger partial charge is 0.0942 e. The first-order chi connectivity index (χ1) is 10.1. The van der Waals surface area contributed by atoms with Crippen LogP contribution >= 0.6 is 0 Å². The van der Waals surface area contributed by atoms with Gasteiger partial charge in [-0.25, -0.2) is 0 Å². The lowest BCUT2D eigenvalue weighted by Crippen LogP contribution is -2.23. The second-order valence-electron chi connectivity index (χ2n) is 4.85. The summed E-state index contributed by atoms with van der Waals surface area (Å²) < 4.78 is 0. The van der Waals surface area contributed by atoms with Crippen LogP contribution in [0.25, 0.3) is 17.2 Å². The van der Waals surface area contributed by atoms with Crippen LogP contribution in [0, 0.1) is 0 Å². The van der Waals surface area contributed by atoms with Gasteiger partial charge in [0.2, 0.25) is 0 Å². The molecule has 0 bridgehead atoms. The Balaban J connectivity index is 2.31. The SMILES string of the molecule is C=Cc1ccc(-c2cc(N)ccc2NCC(O)CO)cc1. The lowest BCUT2D eigenvalue weighted by Gasteiger charge is -2.15. The number of nitrogens with one attached hydrogen (secondary N) is 1. The molecule has 4 heteroatoms. The van der Waals surface area contributed by atoms with Gasteiger partial charge in [-0.3, -0.25) is 0 Å². The molecule has 110 valence electrons. The van der Waals surface area contributed by atoms with Gasteiger partial charge in [-0.15, -0.1) is 0 Å². The van der Waals surface area contributed by atoms with Crippen LogP contribution in [0.2, 0.25) is 0 Å². The standard InChI is InChI=1S/C17H20N2O2/c1-2-12-3-5-13(6-4-12)16-9-14(18)7-8-17(16)19-10-15(21)11-20/h2-9,15,19-21H,1,10-11,18H2. The second kappa shape index (κ2) is 6.92. The molecule has 0 aliphatic rings. The number of benzene rings is 2. The van der Waals surface area contributed by atoms with Crippen LogP contribution in [0.15, 0.2) is 49.0 Å². The van der Waals surface area contributed by atoms with Crippen LogP contribution in [0.1, 0.15) is 5.56 Å². The molecule has 1 atom stereocenters. The highest BCUT2D eigenvalue weighted by Crippen LogP contribution is 2.30. The summed E-state index contributed by atoms with van der Waals surface area (Å²) in [4.78, 5) is 0. The average Bonchev–Trinajstić information content (AvgIpc) is 2.53. The Bertz CT molecular complexity index is 609. The number of aliphatic hydroxyl groups excluding tert-OH is 2. The normalized spacial score (nSPS) is 11.9. The van der Waals surface area contributed by atoms with Crippen LogP contribution in [0.4, 0.5) is 11.4 Å². The van der Waals surface area contributed by atoms with Crippen molar-refractivity contribution in [2.24, 2.45) is 0 Å². The van der Waals surface area contributed by atoms with E-state index in [0.29, 0.717) is 5.69 Å². The van der Waals surface area contributed by atoms with E-state index in [0.717, 1.165) is 22.4 Å². The molecule has 0 aliphatic heterocycles. The van der Waals surface area contributed by atoms with Gasteiger partial charge in [0.05, 0.1) is 12.7 Å². The third-order valence-electron chi connectivity index (χ3n) is 3.24. The molecule has 2 rings (SSSR count). The van der Waals surface area contributed by atoms with Crippen molar-refractivity contribution in [3.63, 3.8) is 0 Å². The van der Waals surface area contributed by atoms with Crippen LogP contribution in [-0.4, -0.2) is 29.5 Å². The van der Waals surface area contributed by atoms with E-state index >= 15 is 0 Å². The summed E-state index contributed by atoms with van der Waals surface area (Å²) in [6, 6.07) is 13.5. The zero-order valence-electron chi connectivity index (χ0n) is 11.8. The van der Waals surface area contributed by atoms with Crippen molar-refractivity contribution >= 4 is 17.5 Å². The van der Waals surface area contributed by atoms with E-state index in [2.05, 4.69) is 11.9 Å². The summed E-state index contributed by atoms with van der Waals surface area (Å²) in [5.41, 5.74) is 10.4. The van der Waals surface area contributed by atoms with E-state index in [-0.39, 0.29) is 13.2 Å². The van der Waals surface area contributed by atoms with Crippen LogP contribution in [0.5, 0.6) is 0 Å². The summed E-state index contributed by atoms with van der Waals surface area (Å²) in [6.45, 7) is 3.74. The summed E-state index contributed by atoms with van der Waals surface area (Å²) >= 11 is 0. The monoisotopic (exact) mass is 284 g/mol. The van der Waals surface area contributed by atoms with Crippen LogP contribution < -0.4 is 11.1 Å². The number of hydrogen-bond donors (Lipinski definition) is 4. The van der Waals surface area contributed by atoms with Crippen molar-refractivity contribution < 1.29 is 10.2 Å². The van der Waals surface area contributed by atoms with Crippen molar-refractivity contribution in [3.05, 3.63) is 54.6 Å². The van der Waals surface area contributed by atoms with Gasteiger partial charge in [0.1, 0.15) is 0 Å². The highest BCUT2D eigenvalue weighted by atomic mass is 16.3. The number of hydrogen-bond acceptors (Lipinski definition) is 4. The Morgan fingerprint density at radius 3 is 2.52 bits per heavy atom. The fourth-order valence-electron chi connectivity index (χ4n) is 2.05. The summed E-state index contributed by atoms with van der Waals surface area (Å²) in [5, 5.41) is 21.5. The molecule has 0 heterocycles. The summed E-state index contributed by atoms with van der Waals surface area (Å²) in [6.07, 6.45) is 0.999. The third-order valence-corrected chi connectivity index (χ3v) is 3.24. The molecule has 2 aromatic rings. The molecular formula is C17H20N2O2. The molecule has 0 saturated heterocycles. The fourth-order valence-corrected chi connectivity index (χ4v) is 2.05. The van der Waals surface area contributed by atoms with Crippen molar-refractivity contribution in [2.75, 3.05) is 24.2 Å². The van der Waals surface area contributed by atoms with Gasteiger partial charge in [0.15, 0.2) is 0 Å². The van der Waals surface area contributed by atoms with Gasteiger partial charge in [-0.2, -0.15) is 0 Å². The molecule has 0 fully saturated rings. The maximum atomic E-state index is 9.46. The van der Waals surface area contributed by atoms with Gasteiger partial charge in [0, 0.05) is 23.5 Å². The largest absolute Gasteiger partial charge is 0.399 e. The molecule has 0 aromatic heterocycles. The number of rotatable bonds is 6. The van der Waals surface area contributed by atoms with Crippen molar-refractivity contribution in [3.8, 4) is 11.1 Å². The van der Waals surface area contributed by atoms with E-state index in [1.54, 1.807) is 12.1 Å². The molecule has 21 heavy (non-hydrogen) atoms. The first-order valence-electron chi connectivity index (χ1n) is 6.79. The Morgan fingerprint density at radius 2 is 1.90 bits per heavy atom. The van der Waals surface area contributed by atoms with E-state index < -0.39 is 6.10 Å². The number of nitrogens with two attached hydrogens (primary N) is 1. The summed E-state index contributed by atoms with van der Waals surface area (Å²) in [5.74, 6) is 0. The van der Waals surface area contributed by atoms with E-state index in [9.17, 15) is 5.11 Å². The van der Waals surface area contributed by atoms with Gasteiger partial charge >= 0.3 is 0 Å². The second-order valence-corrected chi connectivity index (χ2v) is 4.85. The molecule has 2 aromatic carbocycles. The predicted molar refractivity (Wildman–Crippen MR) is 88.0 cm³/mol. The molecule has 0 aliphatic carbocycles. The molecule has 0 radical (unpaired) electrons. The van der Waals surface area contributed by atoms with Crippen molar-refractivity contribution in [2.45, 2.75) is 6.10 Å². The third kappa shape index (κ3) is 3.84. The molecular weight excluding hydrogens is 264 g/mol. The number of nitrogen functional groups attached to an aromatic ring is 1. The van der Waals surface area contributed by atoms with Gasteiger partial charge in [-0.05, 0) is 29.3 Å². The average molecular weight is 284 g/mol. The topological polar surface area (TPSA) is 78.5 Å². The Hall–Kier alpha value is -2.30. The van der Waals surface area contributed by atoms with Crippen molar-refractivity contribution in [1.29, 1.82) is 0 Å². The minimum absolute atomic E-state index is 0.272.